The van der Waals surface area contributed by atoms with E-state index in [0.717, 1.165) is 38.5 Å². The van der Waals surface area contributed by atoms with Crippen LogP contribution in [-0.2, 0) is 32.7 Å². The fraction of sp³-hybridized carbons (Fsp3) is 0.897. The number of quaternary nitrogens is 1. The Morgan fingerprint density at radius 3 is 0.909 bits per heavy atom. The second-order valence-electron chi connectivity index (χ2n) is 27.7. The van der Waals surface area contributed by atoms with Gasteiger partial charge in [-0.25, -0.2) is 4.57 Å². The molecule has 88 heavy (non-hydrogen) atoms. The van der Waals surface area contributed by atoms with E-state index < -0.39 is 26.5 Å². The van der Waals surface area contributed by atoms with Gasteiger partial charge in [-0.3, -0.25) is 18.6 Å². The molecule has 0 bridgehead atoms. The van der Waals surface area contributed by atoms with Gasteiger partial charge in [-0.15, -0.1) is 0 Å². The summed E-state index contributed by atoms with van der Waals surface area (Å²) in [4.78, 5) is 35.9. The number of ether oxygens (including phenoxy) is 2. The third kappa shape index (κ3) is 73.3. The number of unbranched alkanes of at least 4 members (excludes halogenated alkanes) is 53. The smallest absolute Gasteiger partial charge is 0.462 e. The van der Waals surface area contributed by atoms with Gasteiger partial charge in [-0.1, -0.05) is 352 Å². The SMILES string of the molecule is CCCCCCC/C=C\C/C=C\CCCCCCCCCCCCCCCCCC(=O)OC(COC(=O)CCCCCCCCCCCCCCCCCCCCCCCCCCC/C=C\CCCCCCCCCC)COP(=O)(O)OCC[N+](C)(C)C. The first-order chi connectivity index (χ1) is 43.0. The predicted octanol–water partition coefficient (Wildman–Crippen LogP) is 25.4. The quantitative estimate of drug-likeness (QED) is 0.0211. The van der Waals surface area contributed by atoms with Crippen molar-refractivity contribution in [3.8, 4) is 0 Å². The highest BCUT2D eigenvalue weighted by molar-refractivity contribution is 7.47. The fourth-order valence-electron chi connectivity index (χ4n) is 11.7. The van der Waals surface area contributed by atoms with Crippen LogP contribution in [0.25, 0.3) is 0 Å². The van der Waals surface area contributed by atoms with Crippen molar-refractivity contribution >= 4 is 19.8 Å². The lowest BCUT2D eigenvalue weighted by Crippen LogP contribution is -2.37. The molecular weight excluding hydrogens is 1110 g/mol. The second kappa shape index (κ2) is 69.6. The molecule has 2 unspecified atom stereocenters. The van der Waals surface area contributed by atoms with Crippen LogP contribution in [0.4, 0.5) is 0 Å². The van der Waals surface area contributed by atoms with Crippen molar-refractivity contribution in [1.29, 1.82) is 0 Å². The van der Waals surface area contributed by atoms with Gasteiger partial charge in [0, 0.05) is 12.8 Å². The van der Waals surface area contributed by atoms with Gasteiger partial charge in [0.05, 0.1) is 27.7 Å². The van der Waals surface area contributed by atoms with E-state index in [9.17, 15) is 19.0 Å². The largest absolute Gasteiger partial charge is 0.472 e. The van der Waals surface area contributed by atoms with E-state index in [1.54, 1.807) is 0 Å². The van der Waals surface area contributed by atoms with Crippen LogP contribution in [0.2, 0.25) is 0 Å². The van der Waals surface area contributed by atoms with Crippen LogP contribution < -0.4 is 0 Å². The number of hydrogen-bond acceptors (Lipinski definition) is 7. The summed E-state index contributed by atoms with van der Waals surface area (Å²) in [5.41, 5.74) is 0. The van der Waals surface area contributed by atoms with Crippen molar-refractivity contribution in [2.24, 2.45) is 0 Å². The molecular formula is C78H151NO8P+. The maximum atomic E-state index is 12.9. The van der Waals surface area contributed by atoms with Crippen LogP contribution in [0.3, 0.4) is 0 Å². The molecule has 0 fully saturated rings. The summed E-state index contributed by atoms with van der Waals surface area (Å²) >= 11 is 0. The van der Waals surface area contributed by atoms with E-state index in [1.807, 2.05) is 21.1 Å². The minimum atomic E-state index is -4.39. The summed E-state index contributed by atoms with van der Waals surface area (Å²) in [7, 11) is 1.50. The molecule has 0 saturated heterocycles. The van der Waals surface area contributed by atoms with Crippen molar-refractivity contribution in [3.05, 3.63) is 36.5 Å². The zero-order valence-corrected chi connectivity index (χ0v) is 60.4. The number of hydrogen-bond donors (Lipinski definition) is 1. The van der Waals surface area contributed by atoms with Crippen LogP contribution >= 0.6 is 7.82 Å². The lowest BCUT2D eigenvalue weighted by Gasteiger charge is -2.24. The standard InChI is InChI=1S/C78H150NO8P/c1-6-8-10-12-14-16-18-20-22-24-26-28-30-32-34-35-36-37-38-39-40-41-42-43-45-46-48-50-52-54-56-58-60-62-64-66-68-70-77(80)84-74-76(75-86-88(82,83)85-73-72-79(3,4)5)87-78(81)71-69-67-65-63-61-59-57-55-53-51-49-47-44-33-31-29-27-25-23-21-19-17-15-13-11-9-7-2/h19,21,24-27,76H,6-18,20,22-23,28-75H2,1-5H3/p+1/b21-19-,26-24-,27-25-. The van der Waals surface area contributed by atoms with Gasteiger partial charge < -0.3 is 18.9 Å². The summed E-state index contributed by atoms with van der Waals surface area (Å²) in [6.07, 6.45) is 90.0. The molecule has 10 heteroatoms. The molecule has 0 rings (SSSR count). The summed E-state index contributed by atoms with van der Waals surface area (Å²) in [6, 6.07) is 0. The molecule has 0 aromatic rings. The zero-order valence-electron chi connectivity index (χ0n) is 59.5. The Kier molecular flexibility index (Phi) is 68.2. The van der Waals surface area contributed by atoms with Crippen LogP contribution in [0, 0.1) is 0 Å². The summed E-state index contributed by atoms with van der Waals surface area (Å²) in [6.45, 7) is 4.50. The van der Waals surface area contributed by atoms with Gasteiger partial charge in [0.25, 0.3) is 0 Å². The molecule has 0 aliphatic carbocycles. The Labute approximate surface area is 548 Å². The van der Waals surface area contributed by atoms with Gasteiger partial charge in [0.1, 0.15) is 19.8 Å². The van der Waals surface area contributed by atoms with Crippen LogP contribution in [0.1, 0.15) is 399 Å². The summed E-state index contributed by atoms with van der Waals surface area (Å²) in [5.74, 6) is -0.774. The van der Waals surface area contributed by atoms with Crippen LogP contribution in [0.5, 0.6) is 0 Å². The minimum Gasteiger partial charge on any atom is -0.462 e. The zero-order chi connectivity index (χ0) is 64.1. The first-order valence-electron chi connectivity index (χ1n) is 38.7. The monoisotopic (exact) mass is 1260 g/mol. The molecule has 9 nitrogen and oxygen atoms in total. The highest BCUT2D eigenvalue weighted by Crippen LogP contribution is 2.43. The molecule has 2 atom stereocenters. The van der Waals surface area contributed by atoms with E-state index in [-0.39, 0.29) is 25.6 Å². The molecule has 0 radical (unpaired) electrons. The Hall–Kier alpha value is -1.77. The van der Waals surface area contributed by atoms with E-state index >= 15 is 0 Å². The Morgan fingerprint density at radius 2 is 0.614 bits per heavy atom. The Bertz CT molecular complexity index is 1580. The van der Waals surface area contributed by atoms with E-state index in [2.05, 4.69) is 50.3 Å². The van der Waals surface area contributed by atoms with Crippen molar-refractivity contribution in [2.45, 2.75) is 405 Å². The molecule has 0 heterocycles. The van der Waals surface area contributed by atoms with E-state index in [0.29, 0.717) is 23.9 Å². The molecule has 0 aromatic carbocycles. The van der Waals surface area contributed by atoms with Crippen molar-refractivity contribution in [2.75, 3.05) is 47.5 Å². The lowest BCUT2D eigenvalue weighted by atomic mass is 10.0. The summed E-state index contributed by atoms with van der Waals surface area (Å²) < 4.78 is 34.8. The third-order valence-electron chi connectivity index (χ3n) is 17.6. The van der Waals surface area contributed by atoms with Crippen molar-refractivity contribution in [1.82, 2.24) is 0 Å². The average Bonchev–Trinajstić information content (AvgIpc) is 3.60. The average molecular weight is 1260 g/mol. The van der Waals surface area contributed by atoms with Crippen LogP contribution in [0.15, 0.2) is 36.5 Å². The molecule has 0 aromatic heterocycles. The number of carbonyl (C=O) groups is 2. The Morgan fingerprint density at radius 1 is 0.352 bits per heavy atom. The number of esters is 2. The number of rotatable bonds is 73. The van der Waals surface area contributed by atoms with Gasteiger partial charge in [0.2, 0.25) is 0 Å². The molecule has 520 valence electrons. The third-order valence-corrected chi connectivity index (χ3v) is 18.6. The minimum absolute atomic E-state index is 0.0345. The van der Waals surface area contributed by atoms with E-state index in [4.69, 9.17) is 18.5 Å². The number of likely N-dealkylation sites (N-methyl/N-ethyl adjacent to an activating group) is 1. The number of carbonyl (C=O) groups excluding carboxylic acids is 2. The first-order valence-corrected chi connectivity index (χ1v) is 40.2. The maximum Gasteiger partial charge on any atom is 0.472 e. The topological polar surface area (TPSA) is 108 Å². The first kappa shape index (κ1) is 86.2. The molecule has 0 aliphatic heterocycles. The molecule has 0 aliphatic rings. The number of allylic oxidation sites excluding steroid dienone is 6. The van der Waals surface area contributed by atoms with Crippen molar-refractivity contribution in [3.63, 3.8) is 0 Å². The van der Waals surface area contributed by atoms with Crippen molar-refractivity contribution < 1.29 is 42.1 Å². The normalized spacial score (nSPS) is 13.2. The van der Waals surface area contributed by atoms with Gasteiger partial charge >= 0.3 is 19.8 Å². The number of nitrogens with zero attached hydrogens (tertiary/aromatic N) is 1. The van der Waals surface area contributed by atoms with Crippen LogP contribution in [-0.4, -0.2) is 74.9 Å². The maximum absolute atomic E-state index is 12.9. The molecule has 0 amide bonds. The number of phosphoric acid groups is 1. The van der Waals surface area contributed by atoms with E-state index in [1.165, 1.54) is 327 Å². The lowest BCUT2D eigenvalue weighted by molar-refractivity contribution is -0.870. The fourth-order valence-corrected chi connectivity index (χ4v) is 12.4. The highest BCUT2D eigenvalue weighted by atomic mass is 31.2. The number of phosphoric ester groups is 1. The summed E-state index contributed by atoms with van der Waals surface area (Å²) in [5, 5.41) is 0. The van der Waals surface area contributed by atoms with Gasteiger partial charge in [-0.2, -0.15) is 0 Å². The highest BCUT2D eigenvalue weighted by Gasteiger charge is 2.27. The molecule has 1 N–H and O–H groups in total. The van der Waals surface area contributed by atoms with Gasteiger partial charge in [-0.05, 0) is 70.6 Å². The second-order valence-corrected chi connectivity index (χ2v) is 29.2. The molecule has 0 saturated carbocycles. The van der Waals surface area contributed by atoms with Gasteiger partial charge in [0.15, 0.2) is 6.10 Å². The molecule has 0 spiro atoms. The predicted molar refractivity (Wildman–Crippen MR) is 381 cm³/mol. The Balaban J connectivity index is 3.91.